The number of hydrogen-bond acceptors (Lipinski definition) is 4. The molecular weight excluding hydrogens is 216 g/mol. The van der Waals surface area contributed by atoms with Gasteiger partial charge < -0.3 is 15.1 Å². The highest BCUT2D eigenvalue weighted by Crippen LogP contribution is 2.16. The van der Waals surface area contributed by atoms with Crippen LogP contribution in [0.25, 0.3) is 0 Å². The maximum Gasteiger partial charge on any atom is 0.222 e. The fraction of sp³-hybridized carbons (Fsp3) is 0.500. The maximum atomic E-state index is 10.9. The lowest BCUT2D eigenvalue weighted by molar-refractivity contribution is -0.114. The van der Waals surface area contributed by atoms with Crippen LogP contribution in [-0.4, -0.2) is 49.0 Å². The van der Waals surface area contributed by atoms with Gasteiger partial charge in [0.2, 0.25) is 5.91 Å². The second-order valence-electron chi connectivity index (χ2n) is 4.37. The van der Waals surface area contributed by atoms with Gasteiger partial charge in [-0.3, -0.25) is 4.79 Å². The summed E-state index contributed by atoms with van der Waals surface area (Å²) in [6.07, 6.45) is 1.82. The Hall–Kier alpha value is -1.62. The summed E-state index contributed by atoms with van der Waals surface area (Å²) >= 11 is 0. The van der Waals surface area contributed by atoms with Gasteiger partial charge in [0.05, 0.1) is 11.9 Å². The van der Waals surface area contributed by atoms with Gasteiger partial charge in [0.1, 0.15) is 5.82 Å². The van der Waals surface area contributed by atoms with Crippen molar-refractivity contribution >= 4 is 17.4 Å². The predicted molar refractivity (Wildman–Crippen MR) is 68.3 cm³/mol. The van der Waals surface area contributed by atoms with Gasteiger partial charge in [-0.1, -0.05) is 0 Å². The quantitative estimate of drug-likeness (QED) is 0.822. The lowest BCUT2D eigenvalue weighted by atomic mass is 10.3. The van der Waals surface area contributed by atoms with E-state index in [1.165, 1.54) is 6.92 Å². The van der Waals surface area contributed by atoms with Gasteiger partial charge in [0, 0.05) is 33.1 Å². The summed E-state index contributed by atoms with van der Waals surface area (Å²) < 4.78 is 0. The molecule has 17 heavy (non-hydrogen) atoms. The molecule has 1 aromatic rings. The van der Waals surface area contributed by atoms with E-state index < -0.39 is 0 Å². The van der Waals surface area contributed by atoms with Crippen LogP contribution in [0.5, 0.6) is 0 Å². The van der Waals surface area contributed by atoms with E-state index in [4.69, 9.17) is 0 Å². The maximum absolute atomic E-state index is 10.9. The number of piperazine rings is 1. The standard InChI is InChI=1S/C12H18N4O/c1-10(17)14-12-4-3-11(9-13-12)16-7-5-15(2)6-8-16/h3-4,9H,5-8H2,1-2H3,(H,13,14,17). The Labute approximate surface area is 101 Å². The Balaban J connectivity index is 2.00. The van der Waals surface area contributed by atoms with Crippen molar-refractivity contribution < 1.29 is 4.79 Å². The molecule has 1 N–H and O–H groups in total. The predicted octanol–water partition coefficient (Wildman–Crippen LogP) is 0.792. The number of hydrogen-bond donors (Lipinski definition) is 1. The summed E-state index contributed by atoms with van der Waals surface area (Å²) in [6.45, 7) is 5.69. The molecule has 0 bridgehead atoms. The van der Waals surface area contributed by atoms with E-state index in [1.807, 2.05) is 18.3 Å². The smallest absolute Gasteiger partial charge is 0.222 e. The van der Waals surface area contributed by atoms with Crippen LogP contribution in [0.3, 0.4) is 0 Å². The first-order valence-corrected chi connectivity index (χ1v) is 5.82. The third-order valence-electron chi connectivity index (χ3n) is 2.92. The highest BCUT2D eigenvalue weighted by molar-refractivity contribution is 5.87. The number of anilines is 2. The van der Waals surface area contributed by atoms with Crippen molar-refractivity contribution in [2.45, 2.75) is 6.92 Å². The van der Waals surface area contributed by atoms with Crippen LogP contribution >= 0.6 is 0 Å². The fourth-order valence-electron chi connectivity index (χ4n) is 1.89. The lowest BCUT2D eigenvalue weighted by Crippen LogP contribution is -2.44. The van der Waals surface area contributed by atoms with Crippen molar-refractivity contribution in [1.82, 2.24) is 9.88 Å². The van der Waals surface area contributed by atoms with Crippen molar-refractivity contribution in [2.75, 3.05) is 43.4 Å². The number of aromatic nitrogens is 1. The van der Waals surface area contributed by atoms with E-state index in [0.717, 1.165) is 31.9 Å². The minimum absolute atomic E-state index is 0.0927. The summed E-state index contributed by atoms with van der Waals surface area (Å²) in [4.78, 5) is 19.7. The molecule has 1 amide bonds. The van der Waals surface area contributed by atoms with E-state index >= 15 is 0 Å². The Morgan fingerprint density at radius 3 is 2.53 bits per heavy atom. The van der Waals surface area contributed by atoms with Crippen molar-refractivity contribution in [3.05, 3.63) is 18.3 Å². The number of amides is 1. The monoisotopic (exact) mass is 234 g/mol. The summed E-state index contributed by atoms with van der Waals surface area (Å²) in [6, 6.07) is 3.85. The van der Waals surface area contributed by atoms with Gasteiger partial charge in [-0.2, -0.15) is 0 Å². The molecule has 0 aromatic carbocycles. The van der Waals surface area contributed by atoms with Crippen molar-refractivity contribution in [3.63, 3.8) is 0 Å². The number of carbonyl (C=O) groups is 1. The fourth-order valence-corrected chi connectivity index (χ4v) is 1.89. The first kappa shape index (κ1) is 11.9. The van der Waals surface area contributed by atoms with Crippen LogP contribution < -0.4 is 10.2 Å². The topological polar surface area (TPSA) is 48.5 Å². The third kappa shape index (κ3) is 3.17. The molecule has 0 aliphatic carbocycles. The molecule has 1 aliphatic heterocycles. The van der Waals surface area contributed by atoms with Gasteiger partial charge >= 0.3 is 0 Å². The third-order valence-corrected chi connectivity index (χ3v) is 2.92. The number of nitrogens with zero attached hydrogens (tertiary/aromatic N) is 3. The highest BCUT2D eigenvalue weighted by atomic mass is 16.1. The van der Waals surface area contributed by atoms with E-state index in [1.54, 1.807) is 0 Å². The first-order chi connectivity index (χ1) is 8.15. The van der Waals surface area contributed by atoms with E-state index in [9.17, 15) is 4.79 Å². The van der Waals surface area contributed by atoms with Crippen LogP contribution in [-0.2, 0) is 4.79 Å². The van der Waals surface area contributed by atoms with Gasteiger partial charge in [0.15, 0.2) is 0 Å². The van der Waals surface area contributed by atoms with Crippen molar-refractivity contribution in [3.8, 4) is 0 Å². The zero-order valence-corrected chi connectivity index (χ0v) is 10.3. The molecule has 1 aromatic heterocycles. The molecule has 2 heterocycles. The zero-order valence-electron chi connectivity index (χ0n) is 10.3. The van der Waals surface area contributed by atoms with Crippen LogP contribution in [0, 0.1) is 0 Å². The second-order valence-corrected chi connectivity index (χ2v) is 4.37. The Morgan fingerprint density at radius 1 is 1.29 bits per heavy atom. The molecule has 2 rings (SSSR count). The van der Waals surface area contributed by atoms with Crippen LogP contribution in [0.1, 0.15) is 6.92 Å². The molecule has 0 atom stereocenters. The van der Waals surface area contributed by atoms with E-state index in [2.05, 4.69) is 27.1 Å². The first-order valence-electron chi connectivity index (χ1n) is 5.82. The average Bonchev–Trinajstić information content (AvgIpc) is 2.30. The van der Waals surface area contributed by atoms with Crippen LogP contribution in [0.15, 0.2) is 18.3 Å². The summed E-state index contributed by atoms with van der Waals surface area (Å²) in [7, 11) is 2.13. The minimum atomic E-state index is -0.0927. The number of pyridine rings is 1. The largest absolute Gasteiger partial charge is 0.368 e. The van der Waals surface area contributed by atoms with Crippen molar-refractivity contribution in [2.24, 2.45) is 0 Å². The second kappa shape index (κ2) is 5.14. The van der Waals surface area contributed by atoms with Crippen molar-refractivity contribution in [1.29, 1.82) is 0 Å². The molecule has 5 nitrogen and oxygen atoms in total. The molecular formula is C12H18N4O. The number of likely N-dealkylation sites (N-methyl/N-ethyl adjacent to an activating group) is 1. The molecule has 5 heteroatoms. The molecule has 1 saturated heterocycles. The SMILES string of the molecule is CC(=O)Nc1ccc(N2CCN(C)CC2)cn1. The number of nitrogens with one attached hydrogen (secondary N) is 1. The summed E-state index contributed by atoms with van der Waals surface area (Å²) in [5.41, 5.74) is 1.12. The van der Waals surface area contributed by atoms with E-state index in [-0.39, 0.29) is 5.91 Å². The zero-order chi connectivity index (χ0) is 12.3. The molecule has 0 radical (unpaired) electrons. The molecule has 1 aliphatic rings. The molecule has 92 valence electrons. The van der Waals surface area contributed by atoms with Crippen LogP contribution in [0.2, 0.25) is 0 Å². The Bertz CT molecular complexity index is 382. The average molecular weight is 234 g/mol. The lowest BCUT2D eigenvalue weighted by Gasteiger charge is -2.33. The van der Waals surface area contributed by atoms with Gasteiger partial charge in [-0.15, -0.1) is 0 Å². The summed E-state index contributed by atoms with van der Waals surface area (Å²) in [5, 5.41) is 2.67. The van der Waals surface area contributed by atoms with Gasteiger partial charge in [-0.05, 0) is 19.2 Å². The molecule has 0 spiro atoms. The normalized spacial score (nSPS) is 16.9. The highest BCUT2D eigenvalue weighted by Gasteiger charge is 2.14. The Morgan fingerprint density at radius 2 is 2.00 bits per heavy atom. The van der Waals surface area contributed by atoms with Gasteiger partial charge in [0.25, 0.3) is 0 Å². The number of rotatable bonds is 2. The van der Waals surface area contributed by atoms with Gasteiger partial charge in [-0.25, -0.2) is 4.98 Å². The van der Waals surface area contributed by atoms with Crippen LogP contribution in [0.4, 0.5) is 11.5 Å². The molecule has 0 unspecified atom stereocenters. The minimum Gasteiger partial charge on any atom is -0.368 e. The number of carbonyl (C=O) groups excluding carboxylic acids is 1. The molecule has 1 fully saturated rings. The molecule has 0 saturated carbocycles. The summed E-state index contributed by atoms with van der Waals surface area (Å²) in [5.74, 6) is 0.514. The Kier molecular flexibility index (Phi) is 3.58. The van der Waals surface area contributed by atoms with E-state index in [0.29, 0.717) is 5.82 Å².